The molecule has 0 heterocycles. The van der Waals surface area contributed by atoms with Gasteiger partial charge in [0, 0.05) is 12.1 Å². The van der Waals surface area contributed by atoms with Crippen molar-refractivity contribution in [3.8, 4) is 0 Å². The third kappa shape index (κ3) is 3.97. The van der Waals surface area contributed by atoms with E-state index in [0.29, 0.717) is 13.0 Å². The van der Waals surface area contributed by atoms with Crippen molar-refractivity contribution in [2.24, 2.45) is 0 Å². The Labute approximate surface area is 124 Å². The molecular formula is C16H22N2O3. The summed E-state index contributed by atoms with van der Waals surface area (Å²) in [5.41, 5.74) is 1.29. The van der Waals surface area contributed by atoms with Crippen molar-refractivity contribution in [1.82, 2.24) is 10.6 Å². The van der Waals surface area contributed by atoms with Gasteiger partial charge in [0.2, 0.25) is 0 Å². The van der Waals surface area contributed by atoms with Gasteiger partial charge in [0.05, 0.1) is 5.56 Å². The molecule has 1 aromatic carbocycles. The van der Waals surface area contributed by atoms with E-state index in [1.165, 1.54) is 6.42 Å². The highest BCUT2D eigenvalue weighted by atomic mass is 16.4. The molecule has 114 valence electrons. The van der Waals surface area contributed by atoms with E-state index in [1.54, 1.807) is 24.3 Å². The normalized spacial score (nSPS) is 15.9. The predicted molar refractivity (Wildman–Crippen MR) is 80.5 cm³/mol. The van der Waals surface area contributed by atoms with Crippen LogP contribution in [-0.4, -0.2) is 29.2 Å². The molecule has 0 saturated heterocycles. The van der Waals surface area contributed by atoms with Crippen LogP contribution in [0.5, 0.6) is 0 Å². The minimum atomic E-state index is -0.926. The molecule has 1 saturated carbocycles. The molecule has 2 rings (SSSR count). The highest BCUT2D eigenvalue weighted by Crippen LogP contribution is 2.34. The Bertz CT molecular complexity index is 501. The third-order valence-corrected chi connectivity index (χ3v) is 4.27. The van der Waals surface area contributed by atoms with Crippen molar-refractivity contribution in [3.63, 3.8) is 0 Å². The molecule has 5 nitrogen and oxygen atoms in total. The van der Waals surface area contributed by atoms with Crippen molar-refractivity contribution >= 4 is 12.0 Å². The van der Waals surface area contributed by atoms with Crippen molar-refractivity contribution in [3.05, 3.63) is 35.4 Å². The Hall–Kier alpha value is -2.04. The molecular weight excluding hydrogens is 268 g/mol. The van der Waals surface area contributed by atoms with E-state index >= 15 is 0 Å². The van der Waals surface area contributed by atoms with E-state index in [4.69, 9.17) is 5.11 Å². The fourth-order valence-corrected chi connectivity index (χ4v) is 2.59. The van der Waals surface area contributed by atoms with Gasteiger partial charge >= 0.3 is 12.0 Å². The van der Waals surface area contributed by atoms with Crippen LogP contribution in [0.4, 0.5) is 4.79 Å². The smallest absolute Gasteiger partial charge is 0.335 e. The summed E-state index contributed by atoms with van der Waals surface area (Å²) < 4.78 is 0. The van der Waals surface area contributed by atoms with E-state index < -0.39 is 5.97 Å². The summed E-state index contributed by atoms with van der Waals surface area (Å²) in [4.78, 5) is 22.6. The van der Waals surface area contributed by atoms with Crippen LogP contribution in [0.25, 0.3) is 0 Å². The Morgan fingerprint density at radius 1 is 1.24 bits per heavy atom. The number of carboxylic acids is 1. The molecule has 1 aliphatic carbocycles. The summed E-state index contributed by atoms with van der Waals surface area (Å²) in [5, 5.41) is 14.7. The number of aromatic carboxylic acids is 1. The zero-order valence-electron chi connectivity index (χ0n) is 12.3. The molecule has 0 bridgehead atoms. The molecule has 0 aliphatic heterocycles. The summed E-state index contributed by atoms with van der Waals surface area (Å²) in [6, 6.07) is 6.61. The van der Waals surface area contributed by atoms with Gasteiger partial charge in [-0.05, 0) is 49.8 Å². The number of hydrogen-bond acceptors (Lipinski definition) is 2. The fourth-order valence-electron chi connectivity index (χ4n) is 2.59. The maximum atomic E-state index is 11.8. The summed E-state index contributed by atoms with van der Waals surface area (Å²) in [7, 11) is 0. The molecule has 0 spiro atoms. The standard InChI is InChI=1S/C16H22N2O3/c1-2-16(9-3-10-16)18-15(21)17-11-8-12-4-6-13(7-5-12)14(19)20/h4-7H,2-3,8-11H2,1H3,(H,19,20)(H2,17,18,21). The maximum Gasteiger partial charge on any atom is 0.335 e. The maximum absolute atomic E-state index is 11.8. The second-order valence-electron chi connectivity index (χ2n) is 5.62. The van der Waals surface area contributed by atoms with Crippen molar-refractivity contribution in [2.75, 3.05) is 6.54 Å². The Balaban J connectivity index is 1.73. The molecule has 0 radical (unpaired) electrons. The summed E-state index contributed by atoms with van der Waals surface area (Å²) >= 11 is 0. The molecule has 21 heavy (non-hydrogen) atoms. The fraction of sp³-hybridized carbons (Fsp3) is 0.500. The zero-order chi connectivity index (χ0) is 15.3. The highest BCUT2D eigenvalue weighted by Gasteiger charge is 2.36. The summed E-state index contributed by atoms with van der Waals surface area (Å²) in [6.07, 6.45) is 4.97. The first kappa shape index (κ1) is 15.4. The van der Waals surface area contributed by atoms with Crippen LogP contribution in [-0.2, 0) is 6.42 Å². The van der Waals surface area contributed by atoms with Gasteiger partial charge in [0.15, 0.2) is 0 Å². The lowest BCUT2D eigenvalue weighted by Gasteiger charge is -2.41. The van der Waals surface area contributed by atoms with Crippen LogP contribution in [0.15, 0.2) is 24.3 Å². The minimum absolute atomic E-state index is 0.00716. The van der Waals surface area contributed by atoms with E-state index in [-0.39, 0.29) is 17.1 Å². The molecule has 5 heteroatoms. The average molecular weight is 290 g/mol. The van der Waals surface area contributed by atoms with Crippen LogP contribution in [0.1, 0.15) is 48.5 Å². The quantitative estimate of drug-likeness (QED) is 0.753. The first-order valence-electron chi connectivity index (χ1n) is 7.43. The van der Waals surface area contributed by atoms with Crippen LogP contribution in [0.2, 0.25) is 0 Å². The SMILES string of the molecule is CCC1(NC(=O)NCCc2ccc(C(=O)O)cc2)CCC1. The number of urea groups is 1. The first-order valence-corrected chi connectivity index (χ1v) is 7.43. The van der Waals surface area contributed by atoms with Crippen LogP contribution in [0.3, 0.4) is 0 Å². The van der Waals surface area contributed by atoms with Gasteiger partial charge in [0.1, 0.15) is 0 Å². The van der Waals surface area contributed by atoms with Crippen LogP contribution >= 0.6 is 0 Å². The molecule has 3 N–H and O–H groups in total. The minimum Gasteiger partial charge on any atom is -0.478 e. The van der Waals surface area contributed by atoms with E-state index in [0.717, 1.165) is 24.8 Å². The van der Waals surface area contributed by atoms with Crippen molar-refractivity contribution in [2.45, 2.75) is 44.6 Å². The molecule has 0 unspecified atom stereocenters. The number of hydrogen-bond donors (Lipinski definition) is 3. The van der Waals surface area contributed by atoms with Gasteiger partial charge in [-0.2, -0.15) is 0 Å². The summed E-state index contributed by atoms with van der Waals surface area (Å²) in [6.45, 7) is 2.64. The Morgan fingerprint density at radius 2 is 1.90 bits per heavy atom. The number of amides is 2. The van der Waals surface area contributed by atoms with Crippen molar-refractivity contribution < 1.29 is 14.7 Å². The number of rotatable bonds is 6. The molecule has 0 atom stereocenters. The Kier molecular flexibility index (Phi) is 4.83. The van der Waals surface area contributed by atoms with Gasteiger partial charge in [-0.3, -0.25) is 0 Å². The lowest BCUT2D eigenvalue weighted by Crippen LogP contribution is -2.56. The average Bonchev–Trinajstić information content (AvgIpc) is 2.43. The molecule has 0 aromatic heterocycles. The largest absolute Gasteiger partial charge is 0.478 e. The lowest BCUT2D eigenvalue weighted by atomic mass is 9.75. The number of carboxylic acid groups (broad SMARTS) is 1. The summed E-state index contributed by atoms with van der Waals surface area (Å²) in [5.74, 6) is -0.926. The van der Waals surface area contributed by atoms with Crippen LogP contribution < -0.4 is 10.6 Å². The molecule has 1 aliphatic rings. The lowest BCUT2D eigenvalue weighted by molar-refractivity contribution is 0.0697. The number of benzene rings is 1. The zero-order valence-corrected chi connectivity index (χ0v) is 12.3. The molecule has 2 amide bonds. The Morgan fingerprint density at radius 3 is 2.38 bits per heavy atom. The van der Waals surface area contributed by atoms with Gasteiger partial charge in [-0.25, -0.2) is 9.59 Å². The molecule has 1 aromatic rings. The second kappa shape index (κ2) is 6.61. The number of carbonyl (C=O) groups is 2. The molecule has 1 fully saturated rings. The number of carbonyl (C=O) groups excluding carboxylic acids is 1. The van der Waals surface area contributed by atoms with Gasteiger partial charge in [0.25, 0.3) is 0 Å². The van der Waals surface area contributed by atoms with Gasteiger partial charge in [-0.1, -0.05) is 19.1 Å². The van der Waals surface area contributed by atoms with E-state index in [9.17, 15) is 9.59 Å². The monoisotopic (exact) mass is 290 g/mol. The van der Waals surface area contributed by atoms with Gasteiger partial charge < -0.3 is 15.7 Å². The van der Waals surface area contributed by atoms with E-state index in [2.05, 4.69) is 17.6 Å². The highest BCUT2D eigenvalue weighted by molar-refractivity contribution is 5.87. The van der Waals surface area contributed by atoms with E-state index in [1.807, 2.05) is 0 Å². The predicted octanol–water partition coefficient (Wildman–Crippen LogP) is 2.56. The van der Waals surface area contributed by atoms with Crippen molar-refractivity contribution in [1.29, 1.82) is 0 Å². The topological polar surface area (TPSA) is 78.4 Å². The first-order chi connectivity index (χ1) is 10.0. The van der Waals surface area contributed by atoms with Crippen LogP contribution in [0, 0.1) is 0 Å². The third-order valence-electron chi connectivity index (χ3n) is 4.27. The number of nitrogens with one attached hydrogen (secondary N) is 2. The second-order valence-corrected chi connectivity index (χ2v) is 5.62. The van der Waals surface area contributed by atoms with Gasteiger partial charge in [-0.15, -0.1) is 0 Å².